The predicted octanol–water partition coefficient (Wildman–Crippen LogP) is 3.40. The molecule has 2 aromatic rings. The monoisotopic (exact) mass is 608 g/mol. The van der Waals surface area contributed by atoms with E-state index in [1.54, 1.807) is 4.90 Å². The largest absolute Gasteiger partial charge is 0.341 e. The Morgan fingerprint density at radius 1 is 1.10 bits per heavy atom. The third-order valence-corrected chi connectivity index (χ3v) is 10.6. The van der Waals surface area contributed by atoms with Crippen LogP contribution in [0.25, 0.3) is 0 Å². The fraction of sp³-hybridized carbons (Fsp3) is 0.423. The van der Waals surface area contributed by atoms with E-state index in [-0.39, 0.29) is 57.3 Å². The molecule has 1 saturated heterocycles. The van der Waals surface area contributed by atoms with Crippen LogP contribution in [-0.4, -0.2) is 51.6 Å². The van der Waals surface area contributed by atoms with E-state index in [2.05, 4.69) is 14.4 Å². The summed E-state index contributed by atoms with van der Waals surface area (Å²) >= 11 is 6.31. The maximum Gasteiger partial charge on any atom is 0.286 e. The number of hydrogen-bond donors (Lipinski definition) is 2. The zero-order chi connectivity index (χ0) is 28.6. The van der Waals surface area contributed by atoms with Crippen LogP contribution in [0.15, 0.2) is 45.7 Å². The van der Waals surface area contributed by atoms with Gasteiger partial charge >= 0.3 is 0 Å². The van der Waals surface area contributed by atoms with Crippen molar-refractivity contribution in [2.24, 2.45) is 28.1 Å². The second-order valence-corrected chi connectivity index (χ2v) is 14.6. The topological polar surface area (TPSA) is 142 Å². The number of nitrogens with zero attached hydrogens (tertiary/aromatic N) is 2. The second kappa shape index (κ2) is 9.52. The number of likely N-dealkylation sites (tertiary alicyclic amines) is 1. The van der Waals surface area contributed by atoms with Crippen LogP contribution in [0.5, 0.6) is 0 Å². The van der Waals surface area contributed by atoms with Crippen molar-refractivity contribution in [1.82, 2.24) is 4.90 Å². The van der Waals surface area contributed by atoms with Gasteiger partial charge in [-0.3, -0.25) is 14.3 Å². The summed E-state index contributed by atoms with van der Waals surface area (Å²) in [5.41, 5.74) is 0.621. The van der Waals surface area contributed by atoms with Crippen LogP contribution in [0.4, 0.5) is 15.8 Å². The fourth-order valence-corrected chi connectivity index (χ4v) is 8.71. The first kappa shape index (κ1) is 27.2. The molecular weight excluding hydrogens is 583 g/mol. The quantitative estimate of drug-likeness (QED) is 0.496. The van der Waals surface area contributed by atoms with Gasteiger partial charge in [-0.1, -0.05) is 17.7 Å². The lowest BCUT2D eigenvalue weighted by molar-refractivity contribution is -0.162. The van der Waals surface area contributed by atoms with Gasteiger partial charge in [-0.2, -0.15) is 8.42 Å². The lowest BCUT2D eigenvalue weighted by Gasteiger charge is -2.55. The van der Waals surface area contributed by atoms with Crippen LogP contribution in [0.1, 0.15) is 31.2 Å². The number of amidine groups is 1. The molecule has 3 saturated carbocycles. The maximum absolute atomic E-state index is 14.1. The van der Waals surface area contributed by atoms with Crippen LogP contribution in [0.2, 0.25) is 5.02 Å². The third kappa shape index (κ3) is 4.67. The molecule has 2 aromatic carbocycles. The molecule has 2 bridgehead atoms. The van der Waals surface area contributed by atoms with Gasteiger partial charge in [-0.25, -0.2) is 12.8 Å². The summed E-state index contributed by atoms with van der Waals surface area (Å²) in [4.78, 5) is 29.4. The molecule has 3 atom stereocenters. The van der Waals surface area contributed by atoms with Crippen molar-refractivity contribution in [2.75, 3.05) is 16.3 Å². The van der Waals surface area contributed by atoms with Crippen LogP contribution in [-0.2, 0) is 36.2 Å². The Kier molecular flexibility index (Phi) is 6.46. The Balaban J connectivity index is 1.39. The predicted molar refractivity (Wildman–Crippen MR) is 146 cm³/mol. The van der Waals surface area contributed by atoms with E-state index in [9.17, 15) is 30.8 Å². The van der Waals surface area contributed by atoms with E-state index in [0.29, 0.717) is 5.56 Å². The smallest absolute Gasteiger partial charge is 0.286 e. The molecule has 4 fully saturated rings. The van der Waals surface area contributed by atoms with Gasteiger partial charge < -0.3 is 10.2 Å². The highest BCUT2D eigenvalue weighted by Crippen LogP contribution is 2.51. The fourth-order valence-electron chi connectivity index (χ4n) is 6.74. The van der Waals surface area contributed by atoms with Gasteiger partial charge in [0.15, 0.2) is 11.7 Å². The SMILES string of the molecule is CS(=O)(=O)Nc1ccc2c(c1)S(=O)(=O)N=C(C1C(=O)C3C4CCC(CC4)C3N(Cc3ccc(F)cc3Cl)C1=O)N2. The molecule has 212 valence electrons. The number of sulfonamides is 2. The molecule has 0 spiro atoms. The summed E-state index contributed by atoms with van der Waals surface area (Å²) in [5, 5.41) is 3.02. The van der Waals surface area contributed by atoms with Crippen molar-refractivity contribution >= 4 is 60.5 Å². The zero-order valence-corrected chi connectivity index (χ0v) is 23.7. The Morgan fingerprint density at radius 2 is 1.80 bits per heavy atom. The number of benzene rings is 2. The van der Waals surface area contributed by atoms with Crippen molar-refractivity contribution in [3.8, 4) is 0 Å². The number of Topliss-reactive ketones (excluding diaryl/α,β-unsaturated/α-hetero) is 1. The highest BCUT2D eigenvalue weighted by molar-refractivity contribution is 7.92. The molecule has 1 amide bonds. The number of hydrogen-bond acceptors (Lipinski definition) is 7. The van der Waals surface area contributed by atoms with Gasteiger partial charge in [0.25, 0.3) is 10.0 Å². The lowest BCUT2D eigenvalue weighted by Crippen LogP contribution is -2.66. The normalized spacial score (nSPS) is 28.8. The molecule has 5 aliphatic rings. The van der Waals surface area contributed by atoms with E-state index in [1.165, 1.54) is 30.3 Å². The lowest BCUT2D eigenvalue weighted by atomic mass is 9.57. The summed E-state index contributed by atoms with van der Waals surface area (Å²) in [6.07, 6.45) is 4.40. The molecule has 3 unspecified atom stereocenters. The van der Waals surface area contributed by atoms with E-state index in [0.717, 1.165) is 38.0 Å². The van der Waals surface area contributed by atoms with Crippen molar-refractivity contribution < 1.29 is 30.8 Å². The van der Waals surface area contributed by atoms with Crippen LogP contribution in [0, 0.1) is 29.5 Å². The third-order valence-electron chi connectivity index (χ3n) is 8.35. The summed E-state index contributed by atoms with van der Waals surface area (Å²) in [5.74, 6) is -3.52. The number of fused-ring (bicyclic) bond motifs is 3. The number of amides is 1. The molecule has 7 rings (SSSR count). The molecule has 0 aromatic heterocycles. The number of ketones is 1. The summed E-state index contributed by atoms with van der Waals surface area (Å²) in [6, 6.07) is 7.42. The van der Waals surface area contributed by atoms with Crippen molar-refractivity contribution in [2.45, 2.75) is 43.2 Å². The number of carbonyl (C=O) groups excluding carboxylic acids is 2. The van der Waals surface area contributed by atoms with Gasteiger partial charge in [0.1, 0.15) is 16.5 Å². The van der Waals surface area contributed by atoms with Crippen LogP contribution in [0.3, 0.4) is 0 Å². The average Bonchev–Trinajstić information content (AvgIpc) is 2.87. The first-order valence-corrected chi connectivity index (χ1v) is 16.6. The highest BCUT2D eigenvalue weighted by Gasteiger charge is 2.58. The maximum atomic E-state index is 14.1. The van der Waals surface area contributed by atoms with Gasteiger partial charge in [-0.15, -0.1) is 4.40 Å². The minimum Gasteiger partial charge on any atom is -0.341 e. The Morgan fingerprint density at radius 3 is 2.48 bits per heavy atom. The average molecular weight is 609 g/mol. The van der Waals surface area contributed by atoms with Crippen LogP contribution < -0.4 is 10.0 Å². The van der Waals surface area contributed by atoms with E-state index < -0.39 is 43.6 Å². The Bertz CT molecular complexity index is 1690. The number of rotatable bonds is 5. The molecule has 2 N–H and O–H groups in total. The van der Waals surface area contributed by atoms with Crippen molar-refractivity contribution in [3.63, 3.8) is 0 Å². The second-order valence-electron chi connectivity index (χ2n) is 10.9. The molecule has 40 heavy (non-hydrogen) atoms. The van der Waals surface area contributed by atoms with E-state index >= 15 is 0 Å². The molecule has 0 radical (unpaired) electrons. The summed E-state index contributed by atoms with van der Waals surface area (Å²) in [6.45, 7) is 0.0449. The van der Waals surface area contributed by atoms with Gasteiger partial charge in [0.2, 0.25) is 15.9 Å². The van der Waals surface area contributed by atoms with E-state index in [4.69, 9.17) is 11.6 Å². The first-order valence-electron chi connectivity index (χ1n) is 12.8. The molecule has 10 nitrogen and oxygen atoms in total. The van der Waals surface area contributed by atoms with Crippen molar-refractivity contribution in [3.05, 3.63) is 52.8 Å². The number of anilines is 2. The number of carbonyl (C=O) groups is 2. The molecular formula is C26H26ClFN4O6S2. The van der Waals surface area contributed by atoms with Crippen molar-refractivity contribution in [1.29, 1.82) is 0 Å². The standard InChI is InChI=1S/C26H26ClFN4O6S2/c1-39(35,36)30-17-8-9-19-20(11-17)40(37,38)31-25(29-19)22-24(33)21-13-2-4-14(5-3-13)23(21)32(26(22)34)12-15-6-7-16(28)10-18(15)27/h6-11,13-14,21-23,30H,2-5,12H2,1H3,(H,29,31). The molecule has 2 aliphatic heterocycles. The summed E-state index contributed by atoms with van der Waals surface area (Å²) in [7, 11) is -8.05. The molecule has 2 heterocycles. The number of halogens is 2. The first-order chi connectivity index (χ1) is 18.8. The van der Waals surface area contributed by atoms with Gasteiger partial charge in [0.05, 0.1) is 11.9 Å². The number of piperidine rings is 1. The summed E-state index contributed by atoms with van der Waals surface area (Å²) < 4.78 is 69.5. The number of nitrogens with one attached hydrogen (secondary N) is 2. The highest BCUT2D eigenvalue weighted by atomic mass is 35.5. The molecule has 3 aliphatic carbocycles. The molecule has 14 heteroatoms. The van der Waals surface area contributed by atoms with Gasteiger partial charge in [-0.05, 0) is 73.4 Å². The van der Waals surface area contributed by atoms with Crippen LogP contribution >= 0.6 is 11.6 Å². The Labute approximate surface area is 236 Å². The minimum atomic E-state index is -4.39. The zero-order valence-electron chi connectivity index (χ0n) is 21.3. The van der Waals surface area contributed by atoms with E-state index in [1.807, 2.05) is 0 Å². The van der Waals surface area contributed by atoms with Gasteiger partial charge in [0, 0.05) is 29.2 Å². The Hall–Kier alpha value is -3.03. The minimum absolute atomic E-state index is 0.0264.